The van der Waals surface area contributed by atoms with Crippen LogP contribution in [0.1, 0.15) is 18.5 Å². The number of piperidine rings is 1. The minimum atomic E-state index is -0.734. The Morgan fingerprint density at radius 1 is 1.60 bits per heavy atom. The standard InChI is InChI=1S/C11H18FN3/c1-15-7-4-10(14-15)8-11(12)9-2-5-13-6-3-9/h4,7,9,11,13H,2-3,5-6,8H2,1H3. The molecule has 0 aromatic carbocycles. The van der Waals surface area contributed by atoms with Gasteiger partial charge in [0.2, 0.25) is 0 Å². The summed E-state index contributed by atoms with van der Waals surface area (Å²) in [5.74, 6) is 0.216. The van der Waals surface area contributed by atoms with Crippen molar-refractivity contribution in [2.45, 2.75) is 25.4 Å². The lowest BCUT2D eigenvalue weighted by Gasteiger charge is -2.25. The van der Waals surface area contributed by atoms with E-state index in [4.69, 9.17) is 0 Å². The molecule has 0 saturated carbocycles. The topological polar surface area (TPSA) is 29.9 Å². The van der Waals surface area contributed by atoms with E-state index in [9.17, 15) is 4.39 Å². The molecule has 1 N–H and O–H groups in total. The van der Waals surface area contributed by atoms with Gasteiger partial charge in [-0.25, -0.2) is 4.39 Å². The summed E-state index contributed by atoms with van der Waals surface area (Å²) in [6.07, 6.45) is 3.50. The highest BCUT2D eigenvalue weighted by Crippen LogP contribution is 2.21. The second kappa shape index (κ2) is 4.75. The maximum absolute atomic E-state index is 13.9. The Hall–Kier alpha value is -0.900. The normalized spacial score (nSPS) is 20.4. The lowest BCUT2D eigenvalue weighted by molar-refractivity contribution is 0.186. The first kappa shape index (κ1) is 10.6. The fourth-order valence-corrected chi connectivity index (χ4v) is 2.14. The highest BCUT2D eigenvalue weighted by atomic mass is 19.1. The molecule has 0 amide bonds. The molecule has 3 nitrogen and oxygen atoms in total. The van der Waals surface area contributed by atoms with E-state index < -0.39 is 6.17 Å². The van der Waals surface area contributed by atoms with E-state index in [1.807, 2.05) is 19.3 Å². The summed E-state index contributed by atoms with van der Waals surface area (Å²) in [5, 5.41) is 7.46. The van der Waals surface area contributed by atoms with E-state index in [1.54, 1.807) is 4.68 Å². The zero-order chi connectivity index (χ0) is 10.7. The molecule has 15 heavy (non-hydrogen) atoms. The molecule has 1 unspecified atom stereocenters. The van der Waals surface area contributed by atoms with Crippen molar-refractivity contribution in [2.75, 3.05) is 13.1 Å². The molecule has 0 aliphatic carbocycles. The summed E-state index contributed by atoms with van der Waals surface area (Å²) >= 11 is 0. The largest absolute Gasteiger partial charge is 0.317 e. The maximum atomic E-state index is 13.9. The smallest absolute Gasteiger partial charge is 0.109 e. The molecule has 0 bridgehead atoms. The maximum Gasteiger partial charge on any atom is 0.109 e. The van der Waals surface area contributed by atoms with Gasteiger partial charge in [0.05, 0.1) is 5.69 Å². The summed E-state index contributed by atoms with van der Waals surface area (Å²) in [4.78, 5) is 0. The minimum Gasteiger partial charge on any atom is -0.317 e. The summed E-state index contributed by atoms with van der Waals surface area (Å²) in [6, 6.07) is 1.90. The molecule has 1 aromatic heterocycles. The van der Waals surface area contributed by atoms with Crippen LogP contribution in [0, 0.1) is 5.92 Å². The van der Waals surface area contributed by atoms with E-state index in [0.29, 0.717) is 6.42 Å². The number of nitrogens with zero attached hydrogens (tertiary/aromatic N) is 2. The molecule has 0 spiro atoms. The first-order valence-corrected chi connectivity index (χ1v) is 5.59. The Kier molecular flexibility index (Phi) is 3.36. The van der Waals surface area contributed by atoms with Gasteiger partial charge < -0.3 is 5.32 Å². The van der Waals surface area contributed by atoms with Crippen LogP contribution >= 0.6 is 0 Å². The van der Waals surface area contributed by atoms with Crippen LogP contribution in [0.2, 0.25) is 0 Å². The molecule has 1 fully saturated rings. The summed E-state index contributed by atoms with van der Waals surface area (Å²) in [5.41, 5.74) is 0.864. The predicted octanol–water partition coefficient (Wildman–Crippen LogP) is 1.30. The molecule has 2 rings (SSSR count). The van der Waals surface area contributed by atoms with Crippen LogP contribution in [-0.2, 0) is 13.5 Å². The molecule has 1 aromatic rings. The average Bonchev–Trinajstić information content (AvgIpc) is 2.65. The zero-order valence-corrected chi connectivity index (χ0v) is 9.12. The van der Waals surface area contributed by atoms with Crippen molar-refractivity contribution in [1.29, 1.82) is 0 Å². The first-order chi connectivity index (χ1) is 7.25. The first-order valence-electron chi connectivity index (χ1n) is 5.59. The van der Waals surface area contributed by atoms with Crippen LogP contribution in [0.3, 0.4) is 0 Å². The van der Waals surface area contributed by atoms with Crippen molar-refractivity contribution in [3.63, 3.8) is 0 Å². The minimum absolute atomic E-state index is 0.216. The lowest BCUT2D eigenvalue weighted by atomic mass is 9.91. The van der Waals surface area contributed by atoms with Crippen molar-refractivity contribution in [3.8, 4) is 0 Å². The number of hydrogen-bond donors (Lipinski definition) is 1. The number of aryl methyl sites for hydroxylation is 1. The van der Waals surface area contributed by atoms with Gasteiger partial charge in [-0.1, -0.05) is 0 Å². The third-order valence-corrected chi connectivity index (χ3v) is 3.07. The summed E-state index contributed by atoms with van der Waals surface area (Å²) in [6.45, 7) is 1.90. The van der Waals surface area contributed by atoms with Gasteiger partial charge in [-0.15, -0.1) is 0 Å². The lowest BCUT2D eigenvalue weighted by Crippen LogP contribution is -2.33. The second-order valence-corrected chi connectivity index (χ2v) is 4.29. The molecule has 84 valence electrons. The van der Waals surface area contributed by atoms with Crippen molar-refractivity contribution < 1.29 is 4.39 Å². The van der Waals surface area contributed by atoms with Gasteiger partial charge in [-0.2, -0.15) is 5.10 Å². The van der Waals surface area contributed by atoms with E-state index in [-0.39, 0.29) is 5.92 Å². The Balaban J connectivity index is 1.88. The number of aromatic nitrogens is 2. The number of alkyl halides is 1. The van der Waals surface area contributed by atoms with Gasteiger partial charge >= 0.3 is 0 Å². The Morgan fingerprint density at radius 3 is 2.93 bits per heavy atom. The van der Waals surface area contributed by atoms with Gasteiger partial charge in [0.25, 0.3) is 0 Å². The van der Waals surface area contributed by atoms with Gasteiger partial charge in [0, 0.05) is 19.7 Å². The van der Waals surface area contributed by atoms with Crippen molar-refractivity contribution in [2.24, 2.45) is 13.0 Å². The predicted molar refractivity (Wildman–Crippen MR) is 57.4 cm³/mol. The van der Waals surface area contributed by atoms with Crippen LogP contribution in [-0.4, -0.2) is 29.0 Å². The fourth-order valence-electron chi connectivity index (χ4n) is 2.14. The number of nitrogens with one attached hydrogen (secondary N) is 1. The van der Waals surface area contributed by atoms with Crippen molar-refractivity contribution in [3.05, 3.63) is 18.0 Å². The van der Waals surface area contributed by atoms with Crippen molar-refractivity contribution >= 4 is 0 Å². The van der Waals surface area contributed by atoms with Crippen LogP contribution in [0.4, 0.5) is 4.39 Å². The van der Waals surface area contributed by atoms with Gasteiger partial charge in [-0.05, 0) is 37.9 Å². The van der Waals surface area contributed by atoms with Gasteiger partial charge in [0.15, 0.2) is 0 Å². The SMILES string of the molecule is Cn1ccc(CC(F)C2CCNCC2)n1. The third kappa shape index (κ3) is 2.78. The van der Waals surface area contributed by atoms with Crippen molar-refractivity contribution in [1.82, 2.24) is 15.1 Å². The van der Waals surface area contributed by atoms with Gasteiger partial charge in [0.1, 0.15) is 6.17 Å². The van der Waals surface area contributed by atoms with E-state index in [1.165, 1.54) is 0 Å². The molecular formula is C11H18FN3. The number of hydrogen-bond acceptors (Lipinski definition) is 2. The quantitative estimate of drug-likeness (QED) is 0.816. The van der Waals surface area contributed by atoms with E-state index >= 15 is 0 Å². The Morgan fingerprint density at radius 2 is 2.33 bits per heavy atom. The fraction of sp³-hybridized carbons (Fsp3) is 0.727. The highest BCUT2D eigenvalue weighted by molar-refractivity contribution is 5.01. The molecular weight excluding hydrogens is 193 g/mol. The van der Waals surface area contributed by atoms with E-state index in [0.717, 1.165) is 31.6 Å². The Labute approximate surface area is 89.7 Å². The monoisotopic (exact) mass is 211 g/mol. The molecule has 1 atom stereocenters. The zero-order valence-electron chi connectivity index (χ0n) is 9.12. The van der Waals surface area contributed by atoms with E-state index in [2.05, 4.69) is 10.4 Å². The number of rotatable bonds is 3. The molecule has 4 heteroatoms. The molecule has 1 saturated heterocycles. The van der Waals surface area contributed by atoms with Crippen LogP contribution in [0.15, 0.2) is 12.3 Å². The van der Waals surface area contributed by atoms with Crippen LogP contribution in [0.5, 0.6) is 0 Å². The highest BCUT2D eigenvalue weighted by Gasteiger charge is 2.23. The molecule has 1 aliphatic rings. The molecule has 0 radical (unpaired) electrons. The average molecular weight is 211 g/mol. The number of halogens is 1. The summed E-state index contributed by atoms with van der Waals surface area (Å²) < 4.78 is 15.6. The summed E-state index contributed by atoms with van der Waals surface area (Å²) in [7, 11) is 1.86. The third-order valence-electron chi connectivity index (χ3n) is 3.07. The van der Waals surface area contributed by atoms with Gasteiger partial charge in [-0.3, -0.25) is 4.68 Å². The molecule has 2 heterocycles. The van der Waals surface area contributed by atoms with Crippen LogP contribution < -0.4 is 5.32 Å². The second-order valence-electron chi connectivity index (χ2n) is 4.29. The van der Waals surface area contributed by atoms with Crippen LogP contribution in [0.25, 0.3) is 0 Å². The molecule has 1 aliphatic heterocycles. The Bertz CT molecular complexity index is 305.